The van der Waals surface area contributed by atoms with Gasteiger partial charge >= 0.3 is 0 Å². The van der Waals surface area contributed by atoms with Gasteiger partial charge in [0, 0.05) is 33.4 Å². The van der Waals surface area contributed by atoms with E-state index in [0.29, 0.717) is 0 Å². The maximum atomic E-state index is 11.3. The molecule has 0 atom stereocenters. The maximum Gasteiger partial charge on any atom is 0.132 e. The summed E-state index contributed by atoms with van der Waals surface area (Å²) in [6.07, 6.45) is 3.81. The summed E-state index contributed by atoms with van der Waals surface area (Å²) in [5.41, 5.74) is 0. The molecule has 0 radical (unpaired) electrons. The van der Waals surface area contributed by atoms with Crippen LogP contribution in [0, 0.1) is 5.92 Å². The van der Waals surface area contributed by atoms with Crippen molar-refractivity contribution in [3.63, 3.8) is 0 Å². The molecule has 0 bridgehead atoms. The first-order chi connectivity index (χ1) is 6.72. The zero-order chi connectivity index (χ0) is 10.8. The van der Waals surface area contributed by atoms with Crippen LogP contribution in [0.1, 0.15) is 32.6 Å². The molecule has 0 aromatic rings. The van der Waals surface area contributed by atoms with Crippen molar-refractivity contribution in [2.24, 2.45) is 5.92 Å². The van der Waals surface area contributed by atoms with E-state index in [4.69, 9.17) is 9.47 Å². The molecule has 0 rings (SSSR count). The lowest BCUT2D eigenvalue weighted by Crippen LogP contribution is -2.12. The Morgan fingerprint density at radius 3 is 1.79 bits per heavy atom. The number of Topliss-reactive ketones (excluding diaryl/α,β-unsaturated/α-hetero) is 1. The van der Waals surface area contributed by atoms with E-state index in [2.05, 4.69) is 0 Å². The highest BCUT2D eigenvalue weighted by molar-refractivity contribution is 5.78. The third-order valence-corrected chi connectivity index (χ3v) is 2.38. The number of hydrogen-bond acceptors (Lipinski definition) is 3. The Labute approximate surface area is 86.8 Å². The number of carbonyl (C=O) groups excluding carboxylic acids is 1. The molecule has 3 heteroatoms. The van der Waals surface area contributed by atoms with Crippen LogP contribution in [0.15, 0.2) is 0 Å². The van der Waals surface area contributed by atoms with Crippen molar-refractivity contribution in [3.8, 4) is 0 Å². The second-order valence-corrected chi connectivity index (χ2v) is 3.58. The Kier molecular flexibility index (Phi) is 8.89. The highest BCUT2D eigenvalue weighted by Crippen LogP contribution is 2.14. The molecule has 0 aromatic heterocycles. The standard InChI is InChI=1S/C11H22O3/c1-10(12)11(6-4-8-13-2)7-5-9-14-3/h11H,4-9H2,1-3H3. The molecule has 0 saturated heterocycles. The van der Waals surface area contributed by atoms with Gasteiger partial charge in [-0.1, -0.05) is 0 Å². The molecule has 3 nitrogen and oxygen atoms in total. The van der Waals surface area contributed by atoms with Gasteiger partial charge in [0.15, 0.2) is 0 Å². The topological polar surface area (TPSA) is 35.5 Å². The van der Waals surface area contributed by atoms with Gasteiger partial charge in [-0.3, -0.25) is 4.79 Å². The molecular formula is C11H22O3. The summed E-state index contributed by atoms with van der Waals surface area (Å²) >= 11 is 0. The molecule has 0 aliphatic rings. The second kappa shape index (κ2) is 9.16. The first kappa shape index (κ1) is 13.6. The molecule has 0 unspecified atom stereocenters. The summed E-state index contributed by atoms with van der Waals surface area (Å²) in [5, 5.41) is 0. The normalized spacial score (nSPS) is 10.9. The quantitative estimate of drug-likeness (QED) is 0.537. The van der Waals surface area contributed by atoms with Crippen molar-refractivity contribution < 1.29 is 14.3 Å². The number of rotatable bonds is 9. The van der Waals surface area contributed by atoms with Crippen molar-refractivity contribution in [1.29, 1.82) is 0 Å². The minimum atomic E-state index is 0.195. The Balaban J connectivity index is 3.61. The Morgan fingerprint density at radius 2 is 1.50 bits per heavy atom. The third kappa shape index (κ3) is 7.04. The summed E-state index contributed by atoms with van der Waals surface area (Å²) in [4.78, 5) is 11.3. The molecular weight excluding hydrogens is 180 g/mol. The number of methoxy groups -OCH3 is 2. The van der Waals surface area contributed by atoms with E-state index in [9.17, 15) is 4.79 Å². The van der Waals surface area contributed by atoms with Crippen molar-refractivity contribution in [1.82, 2.24) is 0 Å². The van der Waals surface area contributed by atoms with Gasteiger partial charge in [-0.25, -0.2) is 0 Å². The largest absolute Gasteiger partial charge is 0.385 e. The van der Waals surface area contributed by atoms with Crippen LogP contribution in [-0.4, -0.2) is 33.2 Å². The molecule has 0 amide bonds. The lowest BCUT2D eigenvalue weighted by atomic mass is 9.94. The second-order valence-electron chi connectivity index (χ2n) is 3.58. The van der Waals surface area contributed by atoms with Gasteiger partial charge in [0.1, 0.15) is 5.78 Å². The SMILES string of the molecule is COCCCC(CCCOC)C(C)=O. The molecule has 0 aliphatic heterocycles. The van der Waals surface area contributed by atoms with E-state index in [1.807, 2.05) is 0 Å². The van der Waals surface area contributed by atoms with E-state index < -0.39 is 0 Å². The predicted molar refractivity (Wildman–Crippen MR) is 56.4 cm³/mol. The fraction of sp³-hybridized carbons (Fsp3) is 0.909. The first-order valence-electron chi connectivity index (χ1n) is 5.20. The van der Waals surface area contributed by atoms with Gasteiger partial charge in [-0.05, 0) is 32.6 Å². The van der Waals surface area contributed by atoms with Crippen LogP contribution >= 0.6 is 0 Å². The smallest absolute Gasteiger partial charge is 0.132 e. The van der Waals surface area contributed by atoms with Crippen LogP contribution in [0.25, 0.3) is 0 Å². The fourth-order valence-corrected chi connectivity index (χ4v) is 1.50. The van der Waals surface area contributed by atoms with Crippen molar-refractivity contribution in [2.75, 3.05) is 27.4 Å². The number of ketones is 1. The lowest BCUT2D eigenvalue weighted by molar-refractivity contribution is -0.121. The van der Waals surface area contributed by atoms with Gasteiger partial charge in [-0.2, -0.15) is 0 Å². The molecule has 0 spiro atoms. The number of carbonyl (C=O) groups is 1. The molecule has 0 saturated carbocycles. The van der Waals surface area contributed by atoms with Gasteiger partial charge in [0.05, 0.1) is 0 Å². The molecule has 0 heterocycles. The molecule has 0 aromatic carbocycles. The fourth-order valence-electron chi connectivity index (χ4n) is 1.50. The monoisotopic (exact) mass is 202 g/mol. The van der Waals surface area contributed by atoms with Gasteiger partial charge in [-0.15, -0.1) is 0 Å². The average molecular weight is 202 g/mol. The maximum absolute atomic E-state index is 11.3. The summed E-state index contributed by atoms with van der Waals surface area (Å²) in [6, 6.07) is 0. The summed E-state index contributed by atoms with van der Waals surface area (Å²) in [6.45, 7) is 3.16. The number of ether oxygens (including phenoxy) is 2. The van der Waals surface area contributed by atoms with E-state index in [1.165, 1.54) is 0 Å². The Hall–Kier alpha value is -0.410. The third-order valence-electron chi connectivity index (χ3n) is 2.38. The van der Waals surface area contributed by atoms with Crippen LogP contribution in [0.3, 0.4) is 0 Å². The molecule has 0 N–H and O–H groups in total. The summed E-state index contributed by atoms with van der Waals surface area (Å²) in [5.74, 6) is 0.484. The lowest BCUT2D eigenvalue weighted by Gasteiger charge is -2.12. The van der Waals surface area contributed by atoms with Gasteiger partial charge in [0.25, 0.3) is 0 Å². The molecule has 0 aliphatic carbocycles. The Morgan fingerprint density at radius 1 is 1.07 bits per heavy atom. The highest BCUT2D eigenvalue weighted by atomic mass is 16.5. The predicted octanol–water partition coefficient (Wildman–Crippen LogP) is 2.04. The highest BCUT2D eigenvalue weighted by Gasteiger charge is 2.12. The minimum Gasteiger partial charge on any atom is -0.385 e. The van der Waals surface area contributed by atoms with Crippen LogP contribution in [0.2, 0.25) is 0 Å². The zero-order valence-corrected chi connectivity index (χ0v) is 9.54. The van der Waals surface area contributed by atoms with E-state index in [0.717, 1.165) is 38.9 Å². The van der Waals surface area contributed by atoms with Crippen molar-refractivity contribution in [2.45, 2.75) is 32.6 Å². The summed E-state index contributed by atoms with van der Waals surface area (Å²) in [7, 11) is 3.38. The van der Waals surface area contributed by atoms with Crippen LogP contribution < -0.4 is 0 Å². The van der Waals surface area contributed by atoms with Gasteiger partial charge in [0.2, 0.25) is 0 Å². The number of hydrogen-bond donors (Lipinski definition) is 0. The van der Waals surface area contributed by atoms with Gasteiger partial charge < -0.3 is 9.47 Å². The Bertz CT molecular complexity index is 135. The van der Waals surface area contributed by atoms with Crippen molar-refractivity contribution in [3.05, 3.63) is 0 Å². The molecule has 0 fully saturated rings. The summed E-state index contributed by atoms with van der Waals surface area (Å²) < 4.78 is 9.92. The minimum absolute atomic E-state index is 0.195. The first-order valence-corrected chi connectivity index (χ1v) is 5.20. The van der Waals surface area contributed by atoms with E-state index in [1.54, 1.807) is 21.1 Å². The average Bonchev–Trinajstić information content (AvgIpc) is 2.15. The van der Waals surface area contributed by atoms with Crippen LogP contribution in [0.5, 0.6) is 0 Å². The molecule has 84 valence electrons. The molecule has 14 heavy (non-hydrogen) atoms. The van der Waals surface area contributed by atoms with E-state index in [-0.39, 0.29) is 11.7 Å². The zero-order valence-electron chi connectivity index (χ0n) is 9.54. The van der Waals surface area contributed by atoms with E-state index >= 15 is 0 Å². The van der Waals surface area contributed by atoms with Crippen LogP contribution in [-0.2, 0) is 14.3 Å². The van der Waals surface area contributed by atoms with Crippen molar-refractivity contribution >= 4 is 5.78 Å². The van der Waals surface area contributed by atoms with Crippen LogP contribution in [0.4, 0.5) is 0 Å².